The lowest BCUT2D eigenvalue weighted by atomic mass is 9.46. The van der Waals surface area contributed by atoms with Crippen molar-refractivity contribution in [2.24, 2.45) is 22.7 Å². The van der Waals surface area contributed by atoms with Crippen LogP contribution in [0.2, 0.25) is 0 Å². The van der Waals surface area contributed by atoms with E-state index in [0.29, 0.717) is 18.8 Å². The van der Waals surface area contributed by atoms with Crippen molar-refractivity contribution < 1.29 is 19.1 Å². The Balaban J connectivity index is 2.32. The fraction of sp³-hybridized carbons (Fsp3) is 0.750. The van der Waals surface area contributed by atoms with Gasteiger partial charge < -0.3 is 9.47 Å². The van der Waals surface area contributed by atoms with Gasteiger partial charge in [-0.1, -0.05) is 45.9 Å². The molecule has 0 heterocycles. The zero-order valence-electron chi connectivity index (χ0n) is 18.6. The van der Waals surface area contributed by atoms with E-state index in [0.717, 1.165) is 24.8 Å². The maximum absolute atomic E-state index is 11.8. The van der Waals surface area contributed by atoms with Crippen LogP contribution in [0.25, 0.3) is 0 Å². The van der Waals surface area contributed by atoms with E-state index in [1.807, 2.05) is 6.92 Å². The Labute approximate surface area is 170 Å². The summed E-state index contributed by atoms with van der Waals surface area (Å²) in [4.78, 5) is 23.3. The number of hydrogen-bond acceptors (Lipinski definition) is 4. The third-order valence-electron chi connectivity index (χ3n) is 7.27. The van der Waals surface area contributed by atoms with Crippen molar-refractivity contribution in [3.8, 4) is 0 Å². The van der Waals surface area contributed by atoms with Crippen molar-refractivity contribution >= 4 is 11.9 Å². The van der Waals surface area contributed by atoms with Gasteiger partial charge in [-0.2, -0.15) is 0 Å². The Morgan fingerprint density at radius 1 is 1.21 bits per heavy atom. The summed E-state index contributed by atoms with van der Waals surface area (Å²) in [5, 5.41) is 0. The molecule has 0 N–H and O–H groups in total. The number of hydrogen-bond donors (Lipinski definition) is 0. The van der Waals surface area contributed by atoms with Crippen molar-refractivity contribution in [2.45, 2.75) is 91.8 Å². The molecule has 4 heteroatoms. The van der Waals surface area contributed by atoms with Crippen LogP contribution >= 0.6 is 0 Å². The van der Waals surface area contributed by atoms with Gasteiger partial charge in [0.05, 0.1) is 0 Å². The Morgan fingerprint density at radius 2 is 1.86 bits per heavy atom. The van der Waals surface area contributed by atoms with Gasteiger partial charge in [-0.15, -0.1) is 0 Å². The Hall–Kier alpha value is -1.58. The van der Waals surface area contributed by atoms with Crippen LogP contribution in [0.3, 0.4) is 0 Å². The van der Waals surface area contributed by atoms with Crippen LogP contribution in [0.1, 0.15) is 80.1 Å². The molecule has 2 rings (SSSR count). The molecule has 28 heavy (non-hydrogen) atoms. The van der Waals surface area contributed by atoms with E-state index in [1.54, 1.807) is 6.08 Å². The van der Waals surface area contributed by atoms with E-state index < -0.39 is 5.60 Å². The van der Waals surface area contributed by atoms with Crippen molar-refractivity contribution in [3.05, 3.63) is 24.8 Å². The summed E-state index contributed by atoms with van der Waals surface area (Å²) in [6.45, 7) is 20.1. The fourth-order valence-corrected chi connectivity index (χ4v) is 6.24. The van der Waals surface area contributed by atoms with Gasteiger partial charge in [0.25, 0.3) is 0 Å². The van der Waals surface area contributed by atoms with Gasteiger partial charge >= 0.3 is 11.9 Å². The molecule has 0 bridgehead atoms. The summed E-state index contributed by atoms with van der Waals surface area (Å²) in [7, 11) is 0. The lowest BCUT2D eigenvalue weighted by Gasteiger charge is -2.60. The zero-order chi connectivity index (χ0) is 21.3. The van der Waals surface area contributed by atoms with E-state index >= 15 is 0 Å². The molecule has 5 atom stereocenters. The molecule has 0 amide bonds. The second kappa shape index (κ2) is 8.04. The third kappa shape index (κ3) is 4.52. The van der Waals surface area contributed by atoms with Gasteiger partial charge in [-0.05, 0) is 55.4 Å². The highest BCUT2D eigenvalue weighted by atomic mass is 16.6. The smallest absolute Gasteiger partial charge is 0.303 e. The van der Waals surface area contributed by atoms with Gasteiger partial charge in [0.1, 0.15) is 11.7 Å². The molecule has 2 saturated carbocycles. The molecule has 0 saturated heterocycles. The molecule has 0 radical (unpaired) electrons. The maximum Gasteiger partial charge on any atom is 0.303 e. The largest absolute Gasteiger partial charge is 0.462 e. The van der Waals surface area contributed by atoms with E-state index in [-0.39, 0.29) is 34.8 Å². The molecule has 0 aromatic rings. The SMILES string of the molecule is C=C[C@](C)(CC[C@H]1C(=C)C[C@H](OC(C)=O)[C@H]2C(C)(C)CCC[C@]12C)OC(C)=O. The minimum atomic E-state index is -0.672. The predicted molar refractivity (Wildman–Crippen MR) is 112 cm³/mol. The highest BCUT2D eigenvalue weighted by Crippen LogP contribution is 2.62. The van der Waals surface area contributed by atoms with Crippen molar-refractivity contribution in [3.63, 3.8) is 0 Å². The molecule has 4 nitrogen and oxygen atoms in total. The molecule has 2 fully saturated rings. The molecular weight excluding hydrogens is 352 g/mol. The lowest BCUT2D eigenvalue weighted by molar-refractivity contribution is -0.171. The number of rotatable bonds is 6. The number of esters is 2. The highest BCUT2D eigenvalue weighted by Gasteiger charge is 2.57. The summed E-state index contributed by atoms with van der Waals surface area (Å²) in [6.07, 6.45) is 7.33. The van der Waals surface area contributed by atoms with Crippen LogP contribution in [0, 0.1) is 22.7 Å². The topological polar surface area (TPSA) is 52.6 Å². The minimum absolute atomic E-state index is 0.00943. The fourth-order valence-electron chi connectivity index (χ4n) is 6.24. The van der Waals surface area contributed by atoms with E-state index in [9.17, 15) is 9.59 Å². The predicted octanol–water partition coefficient (Wildman–Crippen LogP) is 5.61. The first-order valence-electron chi connectivity index (χ1n) is 10.5. The van der Waals surface area contributed by atoms with Gasteiger partial charge in [-0.3, -0.25) is 9.59 Å². The van der Waals surface area contributed by atoms with Crippen LogP contribution in [0.5, 0.6) is 0 Å². The van der Waals surface area contributed by atoms with Crippen molar-refractivity contribution in [1.29, 1.82) is 0 Å². The minimum Gasteiger partial charge on any atom is -0.462 e. The second-order valence-corrected chi connectivity index (χ2v) is 10.0. The number of ether oxygens (including phenoxy) is 2. The lowest BCUT2D eigenvalue weighted by Crippen LogP contribution is -2.56. The highest BCUT2D eigenvalue weighted by molar-refractivity contribution is 5.67. The van der Waals surface area contributed by atoms with Crippen LogP contribution in [-0.2, 0) is 19.1 Å². The Kier molecular flexibility index (Phi) is 6.52. The average Bonchev–Trinajstić information content (AvgIpc) is 2.51. The molecule has 0 aliphatic heterocycles. The zero-order valence-corrected chi connectivity index (χ0v) is 18.6. The molecule has 0 aromatic carbocycles. The van der Waals surface area contributed by atoms with Gasteiger partial charge in [-0.25, -0.2) is 0 Å². The van der Waals surface area contributed by atoms with E-state index in [2.05, 4.69) is 33.9 Å². The van der Waals surface area contributed by atoms with E-state index in [1.165, 1.54) is 20.3 Å². The summed E-state index contributed by atoms with van der Waals surface area (Å²) in [5.41, 5.74) is 0.589. The van der Waals surface area contributed by atoms with E-state index in [4.69, 9.17) is 9.47 Å². The summed E-state index contributed by atoms with van der Waals surface area (Å²) in [5.74, 6) is 0.0901. The van der Waals surface area contributed by atoms with Gasteiger partial charge in [0.2, 0.25) is 0 Å². The Bertz CT molecular complexity index is 649. The summed E-state index contributed by atoms with van der Waals surface area (Å²) < 4.78 is 11.4. The monoisotopic (exact) mass is 390 g/mol. The molecule has 158 valence electrons. The molecule has 2 aliphatic rings. The summed E-state index contributed by atoms with van der Waals surface area (Å²) in [6, 6.07) is 0. The number of fused-ring (bicyclic) bond motifs is 1. The first-order chi connectivity index (χ1) is 12.8. The van der Waals surface area contributed by atoms with Crippen molar-refractivity contribution in [1.82, 2.24) is 0 Å². The number of carbonyl (C=O) groups excluding carboxylic acids is 2. The van der Waals surface area contributed by atoms with Crippen LogP contribution < -0.4 is 0 Å². The van der Waals surface area contributed by atoms with Crippen molar-refractivity contribution in [2.75, 3.05) is 0 Å². The van der Waals surface area contributed by atoms with Crippen LogP contribution in [0.4, 0.5) is 0 Å². The molecule has 0 aromatic heterocycles. The first kappa shape index (κ1) is 22.7. The third-order valence-corrected chi connectivity index (χ3v) is 7.27. The second-order valence-electron chi connectivity index (χ2n) is 10.0. The standard InChI is InChI=1S/C24H38O4/c1-9-23(7,28-18(4)26)14-11-19-16(2)15-20(27-17(3)25)21-22(5,6)12-10-13-24(19,21)8/h9,19-21H,1-2,10-15H2,3-8H3/t19-,20-,21-,23+,24+/m0/s1. The Morgan fingerprint density at radius 3 is 2.39 bits per heavy atom. The maximum atomic E-state index is 11.8. The molecular formula is C24H38O4. The normalized spacial score (nSPS) is 33.9. The van der Waals surface area contributed by atoms with Gasteiger partial charge in [0.15, 0.2) is 0 Å². The van der Waals surface area contributed by atoms with Crippen LogP contribution in [0.15, 0.2) is 24.8 Å². The average molecular weight is 391 g/mol. The quantitative estimate of drug-likeness (QED) is 0.437. The molecule has 2 aliphatic carbocycles. The number of carbonyl (C=O) groups is 2. The first-order valence-corrected chi connectivity index (χ1v) is 10.5. The van der Waals surface area contributed by atoms with Gasteiger partial charge in [0, 0.05) is 26.2 Å². The molecule has 0 unspecified atom stereocenters. The summed E-state index contributed by atoms with van der Waals surface area (Å²) >= 11 is 0. The van der Waals surface area contributed by atoms with Crippen LogP contribution in [-0.4, -0.2) is 23.6 Å². The molecule has 0 spiro atoms.